The topological polar surface area (TPSA) is 42.6 Å². The fraction of sp³-hybridized carbons (Fsp3) is 0.385. The molecule has 1 heterocycles. The van der Waals surface area contributed by atoms with Crippen molar-refractivity contribution in [2.24, 2.45) is 0 Å². The zero-order chi connectivity index (χ0) is 11.9. The number of hydrogen-bond donors (Lipinski definition) is 1. The van der Waals surface area contributed by atoms with Crippen LogP contribution >= 0.6 is 0 Å². The molecule has 0 saturated heterocycles. The molecular formula is C13H16O3. The number of ether oxygens (including phenoxy) is 1. The molecule has 0 fully saturated rings. The molecule has 0 aliphatic rings. The first-order valence-electron chi connectivity index (χ1n) is 5.23. The lowest BCUT2D eigenvalue weighted by molar-refractivity contribution is 0.0785. The van der Waals surface area contributed by atoms with Gasteiger partial charge in [-0.15, -0.1) is 0 Å². The molecule has 16 heavy (non-hydrogen) atoms. The molecule has 2 rings (SSSR count). The highest BCUT2D eigenvalue weighted by atomic mass is 16.5. The number of fused-ring (bicyclic) bond motifs is 1. The minimum absolute atomic E-state index is 0.655. The third-order valence-electron chi connectivity index (χ3n) is 2.63. The highest BCUT2D eigenvalue weighted by Gasteiger charge is 2.19. The zero-order valence-corrected chi connectivity index (χ0v) is 10.00. The molecule has 0 saturated carbocycles. The van der Waals surface area contributed by atoms with E-state index in [4.69, 9.17) is 9.15 Å². The van der Waals surface area contributed by atoms with Crippen molar-refractivity contribution in [2.75, 3.05) is 7.11 Å². The number of benzene rings is 1. The third kappa shape index (κ3) is 1.78. The Morgan fingerprint density at radius 1 is 1.25 bits per heavy atom. The smallest absolute Gasteiger partial charge is 0.176 e. The molecule has 0 aliphatic carbocycles. The van der Waals surface area contributed by atoms with E-state index in [1.807, 2.05) is 25.1 Å². The quantitative estimate of drug-likeness (QED) is 0.846. The standard InChI is InChI=1S/C13H16O3/c1-8-5-9-6-10(13(2,3)14)7-11(15-4)12(9)16-8/h5-7,14H,1-4H3. The van der Waals surface area contributed by atoms with Gasteiger partial charge in [0.05, 0.1) is 12.7 Å². The van der Waals surface area contributed by atoms with Crippen molar-refractivity contribution < 1.29 is 14.3 Å². The van der Waals surface area contributed by atoms with E-state index < -0.39 is 5.60 Å². The summed E-state index contributed by atoms with van der Waals surface area (Å²) in [5, 5.41) is 10.9. The Morgan fingerprint density at radius 3 is 2.50 bits per heavy atom. The van der Waals surface area contributed by atoms with Gasteiger partial charge in [-0.1, -0.05) is 0 Å². The van der Waals surface area contributed by atoms with Crippen LogP contribution in [-0.4, -0.2) is 12.2 Å². The summed E-state index contributed by atoms with van der Waals surface area (Å²) in [5.74, 6) is 1.49. The molecule has 1 aromatic heterocycles. The van der Waals surface area contributed by atoms with Crippen molar-refractivity contribution in [3.05, 3.63) is 29.5 Å². The Balaban J connectivity index is 2.72. The second-order valence-electron chi connectivity index (χ2n) is 4.51. The molecule has 2 aromatic rings. The molecule has 1 aromatic carbocycles. The van der Waals surface area contributed by atoms with E-state index in [0.717, 1.165) is 22.3 Å². The Labute approximate surface area is 94.6 Å². The van der Waals surface area contributed by atoms with Crippen LogP contribution in [0.15, 0.2) is 22.6 Å². The molecule has 0 aliphatic heterocycles. The van der Waals surface area contributed by atoms with E-state index in [0.29, 0.717) is 5.75 Å². The van der Waals surface area contributed by atoms with Crippen LogP contribution in [-0.2, 0) is 5.60 Å². The lowest BCUT2D eigenvalue weighted by Crippen LogP contribution is -2.15. The number of furan rings is 1. The van der Waals surface area contributed by atoms with Gasteiger partial charge in [0, 0.05) is 5.39 Å². The van der Waals surface area contributed by atoms with Gasteiger partial charge in [-0.2, -0.15) is 0 Å². The predicted octanol–water partition coefficient (Wildman–Crippen LogP) is 2.98. The second kappa shape index (κ2) is 3.52. The van der Waals surface area contributed by atoms with Crippen molar-refractivity contribution in [1.29, 1.82) is 0 Å². The highest BCUT2D eigenvalue weighted by molar-refractivity contribution is 5.84. The van der Waals surface area contributed by atoms with Crippen LogP contribution in [0.5, 0.6) is 5.75 Å². The second-order valence-corrected chi connectivity index (χ2v) is 4.51. The van der Waals surface area contributed by atoms with Gasteiger partial charge in [-0.3, -0.25) is 0 Å². The first kappa shape index (κ1) is 11.0. The lowest BCUT2D eigenvalue weighted by Gasteiger charge is -2.18. The van der Waals surface area contributed by atoms with Crippen LogP contribution in [0.2, 0.25) is 0 Å². The largest absolute Gasteiger partial charge is 0.493 e. The molecule has 0 atom stereocenters. The van der Waals surface area contributed by atoms with Gasteiger partial charge in [0.1, 0.15) is 5.76 Å². The minimum Gasteiger partial charge on any atom is -0.493 e. The number of hydrogen-bond acceptors (Lipinski definition) is 3. The van der Waals surface area contributed by atoms with Crippen LogP contribution in [0, 0.1) is 6.92 Å². The molecule has 0 spiro atoms. The van der Waals surface area contributed by atoms with E-state index in [-0.39, 0.29) is 0 Å². The molecule has 0 unspecified atom stereocenters. The van der Waals surface area contributed by atoms with Crippen molar-refractivity contribution in [3.8, 4) is 5.75 Å². The van der Waals surface area contributed by atoms with Crippen molar-refractivity contribution in [1.82, 2.24) is 0 Å². The molecular weight excluding hydrogens is 204 g/mol. The summed E-state index contributed by atoms with van der Waals surface area (Å²) in [7, 11) is 1.60. The van der Waals surface area contributed by atoms with Gasteiger partial charge in [0.2, 0.25) is 0 Å². The zero-order valence-electron chi connectivity index (χ0n) is 10.00. The summed E-state index contributed by atoms with van der Waals surface area (Å²) < 4.78 is 10.8. The fourth-order valence-electron chi connectivity index (χ4n) is 1.75. The van der Waals surface area contributed by atoms with Gasteiger partial charge in [0.25, 0.3) is 0 Å². The van der Waals surface area contributed by atoms with Gasteiger partial charge >= 0.3 is 0 Å². The first-order valence-corrected chi connectivity index (χ1v) is 5.23. The Hall–Kier alpha value is -1.48. The van der Waals surface area contributed by atoms with Crippen LogP contribution in [0.3, 0.4) is 0 Å². The summed E-state index contributed by atoms with van der Waals surface area (Å²) in [4.78, 5) is 0. The van der Waals surface area contributed by atoms with Crippen LogP contribution in [0.4, 0.5) is 0 Å². The van der Waals surface area contributed by atoms with E-state index in [1.54, 1.807) is 21.0 Å². The molecule has 86 valence electrons. The average Bonchev–Trinajstić information content (AvgIpc) is 2.54. The summed E-state index contributed by atoms with van der Waals surface area (Å²) >= 11 is 0. The molecule has 1 N–H and O–H groups in total. The summed E-state index contributed by atoms with van der Waals surface area (Å²) in [6.07, 6.45) is 0. The Morgan fingerprint density at radius 2 is 1.94 bits per heavy atom. The number of rotatable bonds is 2. The van der Waals surface area contributed by atoms with E-state index in [1.165, 1.54) is 0 Å². The van der Waals surface area contributed by atoms with Gasteiger partial charge in [-0.25, -0.2) is 0 Å². The normalized spacial score (nSPS) is 12.1. The predicted molar refractivity (Wildman–Crippen MR) is 62.7 cm³/mol. The van der Waals surface area contributed by atoms with E-state index in [9.17, 15) is 5.11 Å². The maximum absolute atomic E-state index is 9.99. The molecule has 0 amide bonds. The van der Waals surface area contributed by atoms with Gasteiger partial charge in [-0.05, 0) is 44.5 Å². The van der Waals surface area contributed by atoms with Gasteiger partial charge in [0.15, 0.2) is 11.3 Å². The summed E-state index contributed by atoms with van der Waals surface area (Å²) in [6.45, 7) is 5.39. The number of aryl methyl sites for hydroxylation is 1. The highest BCUT2D eigenvalue weighted by Crippen LogP contribution is 2.33. The first-order chi connectivity index (χ1) is 7.41. The van der Waals surface area contributed by atoms with Gasteiger partial charge < -0.3 is 14.3 Å². The molecule has 3 nitrogen and oxygen atoms in total. The van der Waals surface area contributed by atoms with Crippen LogP contribution in [0.1, 0.15) is 25.2 Å². The number of methoxy groups -OCH3 is 1. The monoisotopic (exact) mass is 220 g/mol. The van der Waals surface area contributed by atoms with Crippen molar-refractivity contribution in [3.63, 3.8) is 0 Å². The maximum atomic E-state index is 9.99. The minimum atomic E-state index is -0.882. The SMILES string of the molecule is COc1cc(C(C)(C)O)cc2cc(C)oc12. The van der Waals surface area contributed by atoms with E-state index >= 15 is 0 Å². The summed E-state index contributed by atoms with van der Waals surface area (Å²) in [6, 6.07) is 5.67. The lowest BCUT2D eigenvalue weighted by atomic mass is 9.97. The average molecular weight is 220 g/mol. The maximum Gasteiger partial charge on any atom is 0.176 e. The number of aliphatic hydroxyl groups is 1. The van der Waals surface area contributed by atoms with Crippen molar-refractivity contribution >= 4 is 11.0 Å². The molecule has 0 radical (unpaired) electrons. The Kier molecular flexibility index (Phi) is 2.43. The third-order valence-corrected chi connectivity index (χ3v) is 2.63. The van der Waals surface area contributed by atoms with Crippen LogP contribution < -0.4 is 4.74 Å². The Bertz CT molecular complexity index is 518. The molecule has 3 heteroatoms. The fourth-order valence-corrected chi connectivity index (χ4v) is 1.75. The van der Waals surface area contributed by atoms with E-state index in [2.05, 4.69) is 0 Å². The summed E-state index contributed by atoms with van der Waals surface area (Å²) in [5.41, 5.74) is 0.665. The molecule has 0 bridgehead atoms. The van der Waals surface area contributed by atoms with Crippen LogP contribution in [0.25, 0.3) is 11.0 Å². The van der Waals surface area contributed by atoms with Crippen molar-refractivity contribution in [2.45, 2.75) is 26.4 Å².